The highest BCUT2D eigenvalue weighted by Crippen LogP contribution is 2.44. The van der Waals surface area contributed by atoms with Crippen LogP contribution in [0, 0.1) is 13.8 Å². The first kappa shape index (κ1) is 15.4. The molecule has 0 bridgehead atoms. The Hall–Kier alpha value is -0.970. The molecule has 1 heterocycles. The van der Waals surface area contributed by atoms with E-state index in [-0.39, 0.29) is 5.02 Å². The van der Waals surface area contributed by atoms with E-state index in [1.54, 1.807) is 24.3 Å². The zero-order valence-electron chi connectivity index (χ0n) is 11.3. The Bertz CT molecular complexity index is 679. The molecule has 2 rings (SSSR count). The molecule has 0 aliphatic rings. The van der Waals surface area contributed by atoms with E-state index in [1.165, 1.54) is 0 Å². The minimum absolute atomic E-state index is 0.264. The van der Waals surface area contributed by atoms with Gasteiger partial charge < -0.3 is 9.84 Å². The lowest BCUT2D eigenvalue weighted by Crippen LogP contribution is -2.26. The average molecular weight is 333 g/mol. The van der Waals surface area contributed by atoms with Gasteiger partial charge in [0, 0.05) is 10.3 Å². The second-order valence-corrected chi connectivity index (χ2v) is 6.50. The number of carbonyl (C=O) groups is 1. The summed E-state index contributed by atoms with van der Waals surface area (Å²) in [4.78, 5) is 12.2. The van der Waals surface area contributed by atoms with Gasteiger partial charge in [-0.05, 0) is 31.9 Å². The van der Waals surface area contributed by atoms with Crippen LogP contribution in [-0.4, -0.2) is 17.2 Å². The molecular formula is C14H14Cl2O3S. The van der Waals surface area contributed by atoms with Crippen molar-refractivity contribution in [3.8, 4) is 5.75 Å². The molecule has 1 atom stereocenters. The fraction of sp³-hybridized carbons (Fsp3) is 0.357. The van der Waals surface area contributed by atoms with Crippen LogP contribution in [0.15, 0.2) is 6.07 Å². The summed E-state index contributed by atoms with van der Waals surface area (Å²) in [5, 5.41) is 10.7. The van der Waals surface area contributed by atoms with Crippen LogP contribution in [0.1, 0.15) is 23.8 Å². The zero-order chi connectivity index (χ0) is 15.0. The standard InChI is InChI=1S/C14H14Cl2O3S/c1-4-9(14(17)18)19-10-5-8-6(2)7(3)20-13(8)12(16)11(10)15/h5,9H,4H2,1-3H3,(H,17,18). The minimum atomic E-state index is -1.02. The Morgan fingerprint density at radius 3 is 2.60 bits per heavy atom. The van der Waals surface area contributed by atoms with Crippen molar-refractivity contribution < 1.29 is 14.6 Å². The van der Waals surface area contributed by atoms with Crippen LogP contribution >= 0.6 is 34.5 Å². The fourth-order valence-corrected chi connectivity index (χ4v) is 3.57. The van der Waals surface area contributed by atoms with Gasteiger partial charge in [0.1, 0.15) is 10.8 Å². The van der Waals surface area contributed by atoms with Gasteiger partial charge in [0.25, 0.3) is 0 Å². The number of hydrogen-bond donors (Lipinski definition) is 1. The number of benzene rings is 1. The molecule has 1 N–H and O–H groups in total. The summed E-state index contributed by atoms with van der Waals surface area (Å²) in [5.74, 6) is -0.697. The smallest absolute Gasteiger partial charge is 0.344 e. The Kier molecular flexibility index (Phi) is 4.47. The lowest BCUT2D eigenvalue weighted by molar-refractivity contribution is -0.145. The highest BCUT2D eigenvalue weighted by atomic mass is 35.5. The molecule has 20 heavy (non-hydrogen) atoms. The van der Waals surface area contributed by atoms with Crippen molar-refractivity contribution in [2.24, 2.45) is 0 Å². The molecule has 0 saturated heterocycles. The highest BCUT2D eigenvalue weighted by Gasteiger charge is 2.21. The third-order valence-corrected chi connectivity index (χ3v) is 5.43. The van der Waals surface area contributed by atoms with E-state index in [4.69, 9.17) is 33.0 Å². The van der Waals surface area contributed by atoms with Crippen molar-refractivity contribution >= 4 is 50.6 Å². The number of rotatable bonds is 4. The van der Waals surface area contributed by atoms with E-state index < -0.39 is 12.1 Å². The van der Waals surface area contributed by atoms with E-state index in [1.807, 2.05) is 13.8 Å². The maximum Gasteiger partial charge on any atom is 0.344 e. The molecule has 0 spiro atoms. The molecular weight excluding hydrogens is 319 g/mol. The molecule has 2 aromatic rings. The number of carboxylic acid groups (broad SMARTS) is 1. The van der Waals surface area contributed by atoms with Gasteiger partial charge in [-0.3, -0.25) is 0 Å². The molecule has 3 nitrogen and oxygen atoms in total. The zero-order valence-corrected chi connectivity index (χ0v) is 13.6. The molecule has 0 fully saturated rings. The number of fused-ring (bicyclic) bond motifs is 1. The highest BCUT2D eigenvalue weighted by molar-refractivity contribution is 7.20. The number of ether oxygens (including phenoxy) is 1. The van der Waals surface area contributed by atoms with Crippen LogP contribution in [-0.2, 0) is 4.79 Å². The van der Waals surface area contributed by atoms with E-state index in [0.29, 0.717) is 17.2 Å². The summed E-state index contributed by atoms with van der Waals surface area (Å²) in [6.45, 7) is 5.75. The quantitative estimate of drug-likeness (QED) is 0.850. The summed E-state index contributed by atoms with van der Waals surface area (Å²) in [7, 11) is 0. The molecule has 0 aliphatic carbocycles. The van der Waals surface area contributed by atoms with Crippen molar-refractivity contribution in [2.75, 3.05) is 0 Å². The Morgan fingerprint density at radius 1 is 1.40 bits per heavy atom. The maximum absolute atomic E-state index is 11.1. The van der Waals surface area contributed by atoms with Crippen LogP contribution in [0.2, 0.25) is 10.0 Å². The van der Waals surface area contributed by atoms with E-state index in [2.05, 4.69) is 0 Å². The SMILES string of the molecule is CCC(Oc1cc2c(C)c(C)sc2c(Cl)c1Cl)C(=O)O. The van der Waals surface area contributed by atoms with Gasteiger partial charge in [-0.2, -0.15) is 0 Å². The van der Waals surface area contributed by atoms with Crippen molar-refractivity contribution in [3.05, 3.63) is 26.6 Å². The molecule has 0 saturated carbocycles. The van der Waals surface area contributed by atoms with Crippen molar-refractivity contribution in [2.45, 2.75) is 33.3 Å². The maximum atomic E-state index is 11.1. The Balaban J connectivity index is 2.56. The number of halogens is 2. The first-order valence-corrected chi connectivity index (χ1v) is 7.71. The molecule has 0 amide bonds. The monoisotopic (exact) mass is 332 g/mol. The van der Waals surface area contributed by atoms with Crippen LogP contribution in [0.25, 0.3) is 10.1 Å². The molecule has 1 aromatic carbocycles. The first-order valence-electron chi connectivity index (χ1n) is 6.14. The normalized spacial score (nSPS) is 12.7. The minimum Gasteiger partial charge on any atom is -0.479 e. The Morgan fingerprint density at radius 2 is 2.05 bits per heavy atom. The fourth-order valence-electron chi connectivity index (χ4n) is 1.93. The number of carboxylic acids is 1. The van der Waals surface area contributed by atoms with Gasteiger partial charge in [0.05, 0.1) is 9.72 Å². The summed E-state index contributed by atoms with van der Waals surface area (Å²) >= 11 is 14.0. The van der Waals surface area contributed by atoms with E-state index in [9.17, 15) is 4.79 Å². The molecule has 1 aromatic heterocycles. The van der Waals surface area contributed by atoms with Crippen LogP contribution < -0.4 is 4.74 Å². The number of aryl methyl sites for hydroxylation is 2. The van der Waals surface area contributed by atoms with Gasteiger partial charge in [0.2, 0.25) is 0 Å². The number of aliphatic carboxylic acids is 1. The van der Waals surface area contributed by atoms with Crippen LogP contribution in [0.3, 0.4) is 0 Å². The summed E-state index contributed by atoms with van der Waals surface area (Å²) in [5.41, 5.74) is 1.11. The van der Waals surface area contributed by atoms with E-state index >= 15 is 0 Å². The number of thiophene rings is 1. The third kappa shape index (κ3) is 2.60. The van der Waals surface area contributed by atoms with Crippen molar-refractivity contribution in [1.82, 2.24) is 0 Å². The lowest BCUT2D eigenvalue weighted by atomic mass is 10.1. The van der Waals surface area contributed by atoms with Crippen molar-refractivity contribution in [1.29, 1.82) is 0 Å². The first-order chi connectivity index (χ1) is 9.36. The number of hydrogen-bond acceptors (Lipinski definition) is 3. The Labute approximate surface area is 131 Å². The molecule has 6 heteroatoms. The van der Waals surface area contributed by atoms with Crippen LogP contribution in [0.4, 0.5) is 0 Å². The topological polar surface area (TPSA) is 46.5 Å². The summed E-state index contributed by atoms with van der Waals surface area (Å²) in [6.07, 6.45) is -0.579. The van der Waals surface area contributed by atoms with Crippen LogP contribution in [0.5, 0.6) is 5.75 Å². The lowest BCUT2D eigenvalue weighted by Gasteiger charge is -2.15. The molecule has 108 valence electrons. The largest absolute Gasteiger partial charge is 0.479 e. The van der Waals surface area contributed by atoms with Gasteiger partial charge >= 0.3 is 5.97 Å². The predicted molar refractivity (Wildman–Crippen MR) is 83.7 cm³/mol. The molecule has 0 radical (unpaired) electrons. The van der Waals surface area contributed by atoms with Gasteiger partial charge in [-0.1, -0.05) is 30.1 Å². The van der Waals surface area contributed by atoms with Crippen molar-refractivity contribution in [3.63, 3.8) is 0 Å². The van der Waals surface area contributed by atoms with Gasteiger partial charge in [-0.25, -0.2) is 4.79 Å². The average Bonchev–Trinajstić information content (AvgIpc) is 2.68. The van der Waals surface area contributed by atoms with Gasteiger partial charge in [-0.15, -0.1) is 11.3 Å². The summed E-state index contributed by atoms with van der Waals surface area (Å²) in [6, 6.07) is 1.77. The molecule has 0 aliphatic heterocycles. The third-order valence-electron chi connectivity index (χ3n) is 3.23. The second-order valence-electron chi connectivity index (χ2n) is 4.52. The van der Waals surface area contributed by atoms with E-state index in [0.717, 1.165) is 20.5 Å². The summed E-state index contributed by atoms with van der Waals surface area (Å²) < 4.78 is 6.40. The predicted octanol–water partition coefficient (Wildman–Crippen LogP) is 5.07. The second kappa shape index (κ2) is 5.80. The van der Waals surface area contributed by atoms with Gasteiger partial charge in [0.15, 0.2) is 6.10 Å². The molecule has 1 unspecified atom stereocenters.